The molecule has 34 heavy (non-hydrogen) atoms. The molecule has 2 saturated heterocycles. The quantitative estimate of drug-likeness (QED) is 0.590. The maximum absolute atomic E-state index is 4.95. The maximum atomic E-state index is 4.95. The molecule has 0 unspecified atom stereocenters. The van der Waals surface area contributed by atoms with E-state index in [9.17, 15) is 0 Å². The molecule has 3 aromatic rings. The van der Waals surface area contributed by atoms with Crippen molar-refractivity contribution in [2.24, 2.45) is 0 Å². The van der Waals surface area contributed by atoms with Gasteiger partial charge in [0.2, 0.25) is 5.95 Å². The number of nitrogens with zero attached hydrogens (tertiary/aromatic N) is 7. The molecule has 2 fully saturated rings. The van der Waals surface area contributed by atoms with Gasteiger partial charge >= 0.3 is 0 Å². The van der Waals surface area contributed by atoms with Gasteiger partial charge in [-0.3, -0.25) is 4.68 Å². The number of anilines is 4. The number of pyridine rings is 1. The van der Waals surface area contributed by atoms with Crippen molar-refractivity contribution in [3.05, 3.63) is 24.0 Å². The topological polar surface area (TPSA) is 87.0 Å². The molecule has 0 bridgehead atoms. The Hall–Kier alpha value is -2.94. The summed E-state index contributed by atoms with van der Waals surface area (Å²) >= 11 is 0. The molecule has 2 N–H and O–H groups in total. The van der Waals surface area contributed by atoms with Crippen molar-refractivity contribution in [2.45, 2.75) is 58.9 Å². The molecule has 0 atom stereocenters. The lowest BCUT2D eigenvalue weighted by Gasteiger charge is -2.29. The number of nitrogens with one attached hydrogen (secondary N) is 2. The molecule has 2 aliphatic heterocycles. The van der Waals surface area contributed by atoms with Crippen LogP contribution in [0.1, 0.15) is 59.2 Å². The third-order valence-electron chi connectivity index (χ3n) is 6.60. The minimum absolute atomic E-state index is 0.0552. The molecule has 2 aliphatic rings. The average molecular weight is 464 g/mol. The Kier molecular flexibility index (Phi) is 6.06. The summed E-state index contributed by atoms with van der Waals surface area (Å²) in [5.74, 6) is 3.30. The summed E-state index contributed by atoms with van der Waals surface area (Å²) in [6, 6.07) is 4.47. The van der Waals surface area contributed by atoms with Gasteiger partial charge in [0.05, 0.1) is 11.2 Å². The minimum atomic E-state index is -0.0552. The standard InChI is InChI=1S/C25H37N9/c1-17(2)34-19-14-20(27-16-18(19)23(31-34)25(3,4)5)28-24-29-21(32-10-6-7-11-32)15-22(30-24)33-12-8-26-9-13-33/h14-17,26H,6-13H2,1-5H3,(H,27,28,29,30). The summed E-state index contributed by atoms with van der Waals surface area (Å²) in [7, 11) is 0. The summed E-state index contributed by atoms with van der Waals surface area (Å²) in [6.07, 6.45) is 4.36. The molecule has 0 saturated carbocycles. The fourth-order valence-corrected chi connectivity index (χ4v) is 4.80. The Morgan fingerprint density at radius 3 is 2.21 bits per heavy atom. The van der Waals surface area contributed by atoms with Gasteiger partial charge in [0, 0.05) is 74.4 Å². The van der Waals surface area contributed by atoms with Crippen molar-refractivity contribution in [3.63, 3.8) is 0 Å². The Labute approximate surface area is 202 Å². The smallest absolute Gasteiger partial charge is 0.232 e. The van der Waals surface area contributed by atoms with Crippen molar-refractivity contribution in [1.29, 1.82) is 0 Å². The van der Waals surface area contributed by atoms with Gasteiger partial charge in [-0.1, -0.05) is 20.8 Å². The van der Waals surface area contributed by atoms with E-state index in [1.807, 2.05) is 6.20 Å². The number of aromatic nitrogens is 5. The third-order valence-corrected chi connectivity index (χ3v) is 6.60. The summed E-state index contributed by atoms with van der Waals surface area (Å²) in [5.41, 5.74) is 2.10. The Morgan fingerprint density at radius 2 is 1.59 bits per heavy atom. The molecule has 0 aromatic carbocycles. The van der Waals surface area contributed by atoms with E-state index in [1.54, 1.807) is 0 Å². The van der Waals surface area contributed by atoms with E-state index in [4.69, 9.17) is 20.1 Å². The van der Waals surface area contributed by atoms with E-state index in [0.29, 0.717) is 5.95 Å². The number of hydrogen-bond donors (Lipinski definition) is 2. The summed E-state index contributed by atoms with van der Waals surface area (Å²) < 4.78 is 2.09. The number of piperazine rings is 1. The van der Waals surface area contributed by atoms with Crippen molar-refractivity contribution >= 4 is 34.3 Å². The lowest BCUT2D eigenvalue weighted by atomic mass is 9.90. The normalized spacial score (nSPS) is 17.2. The first kappa shape index (κ1) is 22.8. The fraction of sp³-hybridized carbons (Fsp3) is 0.600. The molecule has 0 aliphatic carbocycles. The zero-order valence-electron chi connectivity index (χ0n) is 21.1. The van der Waals surface area contributed by atoms with E-state index < -0.39 is 0 Å². The Balaban J connectivity index is 1.52. The molecule has 9 heteroatoms. The number of fused-ring (bicyclic) bond motifs is 1. The second kappa shape index (κ2) is 9.02. The molecule has 0 radical (unpaired) electrons. The maximum Gasteiger partial charge on any atom is 0.232 e. The zero-order valence-corrected chi connectivity index (χ0v) is 21.1. The molecule has 0 amide bonds. The monoisotopic (exact) mass is 463 g/mol. The second-order valence-electron chi connectivity index (χ2n) is 10.7. The van der Waals surface area contributed by atoms with Crippen LogP contribution in [-0.4, -0.2) is 64.0 Å². The molecule has 182 valence electrons. The van der Waals surface area contributed by atoms with Crippen LogP contribution < -0.4 is 20.4 Å². The average Bonchev–Trinajstić information content (AvgIpc) is 3.47. The van der Waals surface area contributed by atoms with E-state index in [0.717, 1.165) is 73.3 Å². The van der Waals surface area contributed by atoms with Gasteiger partial charge < -0.3 is 20.4 Å². The summed E-state index contributed by atoms with van der Waals surface area (Å²) in [6.45, 7) is 16.8. The van der Waals surface area contributed by atoms with Gasteiger partial charge in [0.15, 0.2) is 0 Å². The van der Waals surface area contributed by atoms with E-state index in [1.165, 1.54) is 12.8 Å². The van der Waals surface area contributed by atoms with Crippen LogP contribution in [0.3, 0.4) is 0 Å². The van der Waals surface area contributed by atoms with Gasteiger partial charge in [-0.05, 0) is 26.7 Å². The SMILES string of the molecule is CC(C)n1nc(C(C)(C)C)c2cnc(Nc3nc(N4CCCC4)cc(N4CCNCC4)n3)cc21. The Morgan fingerprint density at radius 1 is 0.941 bits per heavy atom. The minimum Gasteiger partial charge on any atom is -0.356 e. The van der Waals surface area contributed by atoms with Crippen LogP contribution in [0.5, 0.6) is 0 Å². The largest absolute Gasteiger partial charge is 0.356 e. The highest BCUT2D eigenvalue weighted by Crippen LogP contribution is 2.32. The van der Waals surface area contributed by atoms with Gasteiger partial charge in [-0.15, -0.1) is 0 Å². The zero-order chi connectivity index (χ0) is 23.9. The van der Waals surface area contributed by atoms with Gasteiger partial charge in [-0.25, -0.2) is 4.98 Å². The molecule has 5 heterocycles. The lowest BCUT2D eigenvalue weighted by molar-refractivity contribution is 0.505. The van der Waals surface area contributed by atoms with E-state index >= 15 is 0 Å². The van der Waals surface area contributed by atoms with Crippen LogP contribution in [0.4, 0.5) is 23.4 Å². The molecular formula is C25H37N9. The highest BCUT2D eigenvalue weighted by molar-refractivity contribution is 5.85. The van der Waals surface area contributed by atoms with Crippen LogP contribution in [0.15, 0.2) is 18.3 Å². The highest BCUT2D eigenvalue weighted by Gasteiger charge is 2.24. The van der Waals surface area contributed by atoms with Crippen LogP contribution in [0, 0.1) is 0 Å². The second-order valence-corrected chi connectivity index (χ2v) is 10.7. The van der Waals surface area contributed by atoms with Crippen LogP contribution >= 0.6 is 0 Å². The predicted octanol–water partition coefficient (Wildman–Crippen LogP) is 3.85. The third kappa shape index (κ3) is 4.53. The van der Waals surface area contributed by atoms with Gasteiger partial charge in [-0.2, -0.15) is 15.1 Å². The van der Waals surface area contributed by atoms with Crippen molar-refractivity contribution < 1.29 is 0 Å². The molecule has 5 rings (SSSR count). The predicted molar refractivity (Wildman–Crippen MR) is 138 cm³/mol. The fourth-order valence-electron chi connectivity index (χ4n) is 4.80. The first-order valence-corrected chi connectivity index (χ1v) is 12.5. The summed E-state index contributed by atoms with van der Waals surface area (Å²) in [5, 5.41) is 12.9. The van der Waals surface area contributed by atoms with Crippen molar-refractivity contribution in [1.82, 2.24) is 30.0 Å². The Bertz CT molecular complexity index is 1150. The number of hydrogen-bond acceptors (Lipinski definition) is 8. The lowest BCUT2D eigenvalue weighted by Crippen LogP contribution is -2.44. The van der Waals surface area contributed by atoms with Crippen LogP contribution in [0.2, 0.25) is 0 Å². The highest BCUT2D eigenvalue weighted by atomic mass is 15.3. The van der Waals surface area contributed by atoms with Crippen LogP contribution in [-0.2, 0) is 5.41 Å². The van der Waals surface area contributed by atoms with Crippen molar-refractivity contribution in [3.8, 4) is 0 Å². The molecule has 9 nitrogen and oxygen atoms in total. The molecular weight excluding hydrogens is 426 g/mol. The molecule has 3 aromatic heterocycles. The number of rotatable bonds is 5. The summed E-state index contributed by atoms with van der Waals surface area (Å²) in [4.78, 5) is 19.2. The van der Waals surface area contributed by atoms with E-state index in [2.05, 4.69) is 71.9 Å². The van der Waals surface area contributed by atoms with Crippen LogP contribution in [0.25, 0.3) is 10.9 Å². The van der Waals surface area contributed by atoms with Gasteiger partial charge in [0.1, 0.15) is 17.5 Å². The van der Waals surface area contributed by atoms with E-state index in [-0.39, 0.29) is 11.5 Å². The molecule has 0 spiro atoms. The first-order valence-electron chi connectivity index (χ1n) is 12.5. The first-order chi connectivity index (χ1) is 16.3. The van der Waals surface area contributed by atoms with Gasteiger partial charge in [0.25, 0.3) is 0 Å². The van der Waals surface area contributed by atoms with Crippen molar-refractivity contribution in [2.75, 3.05) is 54.4 Å².